The zero-order chi connectivity index (χ0) is 16.4. The van der Waals surface area contributed by atoms with Crippen molar-refractivity contribution in [2.75, 3.05) is 6.61 Å². The van der Waals surface area contributed by atoms with Crippen molar-refractivity contribution in [3.05, 3.63) is 64.2 Å². The molecule has 23 heavy (non-hydrogen) atoms. The second-order valence-corrected chi connectivity index (χ2v) is 7.16. The van der Waals surface area contributed by atoms with E-state index in [4.69, 9.17) is 4.74 Å². The molecule has 0 saturated heterocycles. The summed E-state index contributed by atoms with van der Waals surface area (Å²) >= 11 is 0.107. The molecule has 5 nitrogen and oxygen atoms in total. The molecule has 0 radical (unpaired) electrons. The van der Waals surface area contributed by atoms with Crippen LogP contribution in [0, 0.1) is 10.1 Å². The van der Waals surface area contributed by atoms with Crippen LogP contribution in [0.1, 0.15) is 17.3 Å². The van der Waals surface area contributed by atoms with E-state index in [0.29, 0.717) is 12.2 Å². The second-order valence-electron chi connectivity index (χ2n) is 4.89. The fourth-order valence-electron chi connectivity index (χ4n) is 2.27. The summed E-state index contributed by atoms with van der Waals surface area (Å²) in [7, 11) is 0. The standard InChI is InChI=1S/C17H13NO4Se/c1-2-22-17(19)12-5-3-11(4-6-12)16-10-13-9-14(18(20)21)7-8-15(13)23-16/h3-10H,2H2,1H3. The Hall–Kier alpha value is -2.43. The van der Waals surface area contributed by atoms with Crippen LogP contribution in [0.15, 0.2) is 48.5 Å². The van der Waals surface area contributed by atoms with E-state index in [1.807, 2.05) is 24.3 Å². The summed E-state index contributed by atoms with van der Waals surface area (Å²) in [4.78, 5) is 22.1. The number of non-ortho nitro benzene ring substituents is 1. The molecule has 6 heteroatoms. The number of esters is 1. The van der Waals surface area contributed by atoms with Gasteiger partial charge in [-0.25, -0.2) is 0 Å². The molecule has 1 heterocycles. The van der Waals surface area contributed by atoms with Gasteiger partial charge in [-0.1, -0.05) is 0 Å². The van der Waals surface area contributed by atoms with Gasteiger partial charge in [0.2, 0.25) is 0 Å². The molecule has 1 aromatic heterocycles. The van der Waals surface area contributed by atoms with E-state index in [-0.39, 0.29) is 31.1 Å². The van der Waals surface area contributed by atoms with Gasteiger partial charge in [-0.15, -0.1) is 0 Å². The maximum atomic E-state index is 11.7. The topological polar surface area (TPSA) is 69.4 Å². The number of fused-ring (bicyclic) bond motifs is 1. The van der Waals surface area contributed by atoms with Crippen molar-refractivity contribution in [2.24, 2.45) is 0 Å². The van der Waals surface area contributed by atoms with Gasteiger partial charge in [-0.2, -0.15) is 0 Å². The molecule has 0 unspecified atom stereocenters. The monoisotopic (exact) mass is 375 g/mol. The number of carbonyl (C=O) groups is 1. The van der Waals surface area contributed by atoms with Gasteiger partial charge < -0.3 is 0 Å². The number of rotatable bonds is 4. The molecule has 0 amide bonds. The van der Waals surface area contributed by atoms with Crippen LogP contribution >= 0.6 is 0 Å². The predicted molar refractivity (Wildman–Crippen MR) is 88.9 cm³/mol. The van der Waals surface area contributed by atoms with Crippen molar-refractivity contribution in [1.29, 1.82) is 0 Å². The summed E-state index contributed by atoms with van der Waals surface area (Å²) in [6.07, 6.45) is 0. The van der Waals surface area contributed by atoms with Gasteiger partial charge in [0.1, 0.15) is 0 Å². The maximum absolute atomic E-state index is 11.7. The van der Waals surface area contributed by atoms with Gasteiger partial charge in [0.05, 0.1) is 0 Å². The number of ether oxygens (including phenoxy) is 1. The van der Waals surface area contributed by atoms with Crippen LogP contribution in [0.5, 0.6) is 0 Å². The Morgan fingerprint density at radius 1 is 1.17 bits per heavy atom. The van der Waals surface area contributed by atoms with Crippen molar-refractivity contribution in [1.82, 2.24) is 0 Å². The molecule has 3 rings (SSSR count). The Kier molecular flexibility index (Phi) is 4.28. The van der Waals surface area contributed by atoms with Crippen LogP contribution in [0.3, 0.4) is 0 Å². The van der Waals surface area contributed by atoms with Crippen LogP contribution < -0.4 is 0 Å². The van der Waals surface area contributed by atoms with Crippen molar-refractivity contribution in [3.8, 4) is 10.0 Å². The third kappa shape index (κ3) is 3.18. The van der Waals surface area contributed by atoms with E-state index in [1.165, 1.54) is 0 Å². The molecule has 0 aliphatic heterocycles. The first-order valence-corrected chi connectivity index (χ1v) is 8.75. The summed E-state index contributed by atoms with van der Waals surface area (Å²) < 4.78 is 7.24. The van der Waals surface area contributed by atoms with Gasteiger partial charge >= 0.3 is 138 Å². The molecular weight excluding hydrogens is 361 g/mol. The van der Waals surface area contributed by atoms with Crippen LogP contribution in [0.25, 0.3) is 19.6 Å². The van der Waals surface area contributed by atoms with Gasteiger partial charge in [0, 0.05) is 0 Å². The third-order valence-electron chi connectivity index (χ3n) is 3.39. The molecule has 0 atom stereocenters. The van der Waals surface area contributed by atoms with Gasteiger partial charge in [0.15, 0.2) is 0 Å². The van der Waals surface area contributed by atoms with E-state index < -0.39 is 0 Å². The number of nitro groups is 1. The van der Waals surface area contributed by atoms with Crippen LogP contribution in [0.4, 0.5) is 5.69 Å². The van der Waals surface area contributed by atoms with Crippen LogP contribution in [-0.4, -0.2) is 32.0 Å². The zero-order valence-electron chi connectivity index (χ0n) is 12.3. The molecular formula is C17H13NO4Se. The number of carbonyl (C=O) groups excluding carboxylic acids is 1. The number of nitrogens with zero attached hydrogens (tertiary/aromatic N) is 1. The van der Waals surface area contributed by atoms with Crippen molar-refractivity contribution in [3.63, 3.8) is 0 Å². The number of benzene rings is 2. The van der Waals surface area contributed by atoms with E-state index >= 15 is 0 Å². The Morgan fingerprint density at radius 2 is 1.91 bits per heavy atom. The zero-order valence-corrected chi connectivity index (χ0v) is 14.0. The molecule has 0 N–H and O–H groups in total. The normalized spacial score (nSPS) is 10.7. The first kappa shape index (κ1) is 15.5. The Balaban J connectivity index is 1.93. The molecule has 2 aromatic carbocycles. The van der Waals surface area contributed by atoms with Crippen molar-refractivity contribution >= 4 is 35.8 Å². The summed E-state index contributed by atoms with van der Waals surface area (Å²) in [5, 5.41) is 11.8. The van der Waals surface area contributed by atoms with E-state index in [2.05, 4.69) is 0 Å². The summed E-state index contributed by atoms with van der Waals surface area (Å²) in [6, 6.07) is 14.2. The molecule has 0 spiro atoms. The first-order valence-electron chi connectivity index (χ1n) is 7.04. The summed E-state index contributed by atoms with van der Waals surface area (Å²) in [5.74, 6) is -0.330. The summed E-state index contributed by atoms with van der Waals surface area (Å²) in [5.41, 5.74) is 1.65. The minimum atomic E-state index is -0.382. The molecule has 116 valence electrons. The molecule has 0 bridgehead atoms. The number of hydrogen-bond acceptors (Lipinski definition) is 4. The van der Waals surface area contributed by atoms with E-state index in [1.54, 1.807) is 31.2 Å². The van der Waals surface area contributed by atoms with Gasteiger partial charge in [-0.05, 0) is 0 Å². The Bertz CT molecular complexity index is 883. The van der Waals surface area contributed by atoms with E-state index in [9.17, 15) is 14.9 Å². The van der Waals surface area contributed by atoms with Crippen LogP contribution in [-0.2, 0) is 4.74 Å². The van der Waals surface area contributed by atoms with Gasteiger partial charge in [-0.3, -0.25) is 0 Å². The SMILES string of the molecule is CCOC(=O)c1ccc(-c2cc3cc([N+](=O)[O-])ccc3[se]2)cc1. The van der Waals surface area contributed by atoms with Gasteiger partial charge in [0.25, 0.3) is 0 Å². The summed E-state index contributed by atoms with van der Waals surface area (Å²) in [6.45, 7) is 2.12. The van der Waals surface area contributed by atoms with Crippen molar-refractivity contribution in [2.45, 2.75) is 6.92 Å². The molecule has 0 aliphatic carbocycles. The number of hydrogen-bond donors (Lipinski definition) is 0. The minimum absolute atomic E-state index is 0.106. The van der Waals surface area contributed by atoms with Crippen molar-refractivity contribution < 1.29 is 14.5 Å². The third-order valence-corrected chi connectivity index (χ3v) is 5.84. The molecule has 0 fully saturated rings. The van der Waals surface area contributed by atoms with E-state index in [0.717, 1.165) is 19.6 Å². The number of nitro benzene ring substituents is 1. The average Bonchev–Trinajstić information content (AvgIpc) is 2.98. The Morgan fingerprint density at radius 3 is 2.57 bits per heavy atom. The molecule has 0 saturated carbocycles. The quantitative estimate of drug-likeness (QED) is 0.303. The predicted octanol–water partition coefficient (Wildman–Crippen LogP) is 3.65. The fourth-order valence-corrected chi connectivity index (χ4v) is 4.47. The fraction of sp³-hybridized carbons (Fsp3) is 0.118. The molecule has 0 aliphatic rings. The second kappa shape index (κ2) is 6.36. The average molecular weight is 374 g/mol. The first-order chi connectivity index (χ1) is 11.1. The molecule has 3 aromatic rings. The van der Waals surface area contributed by atoms with Crippen LogP contribution in [0.2, 0.25) is 0 Å². The Labute approximate surface area is 138 Å².